The van der Waals surface area contributed by atoms with Gasteiger partial charge in [0.2, 0.25) is 0 Å². The van der Waals surface area contributed by atoms with Gasteiger partial charge in [-0.25, -0.2) is 9.97 Å². The summed E-state index contributed by atoms with van der Waals surface area (Å²) in [5.74, 6) is 1.27. The minimum absolute atomic E-state index is 0.144. The molecule has 2 fully saturated rings. The Morgan fingerprint density at radius 3 is 2.58 bits per heavy atom. The fraction of sp³-hybridized carbons (Fsp3) is 0.524. The quantitative estimate of drug-likeness (QED) is 0.866. The van der Waals surface area contributed by atoms with Crippen molar-refractivity contribution >= 4 is 5.82 Å². The van der Waals surface area contributed by atoms with Gasteiger partial charge in [0.05, 0.1) is 6.10 Å². The summed E-state index contributed by atoms with van der Waals surface area (Å²) in [5, 5.41) is 13.1. The molecule has 0 amide bonds. The Kier molecular flexibility index (Phi) is 4.92. The number of aliphatic hydroxyl groups is 1. The number of nitrogens with zero attached hydrogens (tertiary/aromatic N) is 3. The Morgan fingerprint density at radius 1 is 1.15 bits per heavy atom. The number of aliphatic hydroxyl groups excluding tert-OH is 1. The van der Waals surface area contributed by atoms with Crippen LogP contribution in [-0.4, -0.2) is 52.8 Å². The zero-order valence-electron chi connectivity index (χ0n) is 15.4. The van der Waals surface area contributed by atoms with Crippen molar-refractivity contribution in [3.05, 3.63) is 54.0 Å². The second-order valence-electron chi connectivity index (χ2n) is 7.95. The van der Waals surface area contributed by atoms with Crippen molar-refractivity contribution in [2.24, 2.45) is 0 Å². The predicted molar refractivity (Wildman–Crippen MR) is 103 cm³/mol. The van der Waals surface area contributed by atoms with Crippen LogP contribution in [0.3, 0.4) is 0 Å². The van der Waals surface area contributed by atoms with E-state index >= 15 is 0 Å². The fourth-order valence-electron chi connectivity index (χ4n) is 4.19. The molecule has 2 N–H and O–H groups in total. The van der Waals surface area contributed by atoms with Crippen molar-refractivity contribution in [2.45, 2.75) is 43.1 Å². The van der Waals surface area contributed by atoms with Gasteiger partial charge in [-0.1, -0.05) is 30.3 Å². The zero-order chi connectivity index (χ0) is 18.0. The van der Waals surface area contributed by atoms with Gasteiger partial charge in [-0.3, -0.25) is 0 Å². The van der Waals surface area contributed by atoms with Gasteiger partial charge in [0.25, 0.3) is 0 Å². The minimum atomic E-state index is -0.160. The summed E-state index contributed by atoms with van der Waals surface area (Å²) >= 11 is 0. The molecule has 1 aromatic carbocycles. The molecule has 5 heteroatoms. The van der Waals surface area contributed by atoms with Crippen LogP contribution in [0, 0.1) is 0 Å². The highest BCUT2D eigenvalue weighted by atomic mass is 16.3. The molecule has 138 valence electrons. The molecule has 26 heavy (non-hydrogen) atoms. The molecule has 0 bridgehead atoms. The third-order valence-corrected chi connectivity index (χ3v) is 6.16. The molecule has 0 unspecified atom stereocenters. The third kappa shape index (κ3) is 3.60. The van der Waals surface area contributed by atoms with Crippen LogP contribution < -0.4 is 5.32 Å². The summed E-state index contributed by atoms with van der Waals surface area (Å²) in [7, 11) is 2.20. The van der Waals surface area contributed by atoms with Gasteiger partial charge in [-0.05, 0) is 51.4 Å². The predicted octanol–water partition coefficient (Wildman–Crippen LogP) is 2.79. The minimum Gasteiger partial charge on any atom is -0.393 e. The summed E-state index contributed by atoms with van der Waals surface area (Å²) in [4.78, 5) is 11.2. The van der Waals surface area contributed by atoms with Crippen LogP contribution in [0.5, 0.6) is 0 Å². The van der Waals surface area contributed by atoms with E-state index in [4.69, 9.17) is 0 Å². The van der Waals surface area contributed by atoms with E-state index in [0.29, 0.717) is 5.92 Å². The molecule has 1 aliphatic heterocycles. The normalized spacial score (nSPS) is 25.5. The Bertz CT molecular complexity index is 722. The summed E-state index contributed by atoms with van der Waals surface area (Å²) in [5.41, 5.74) is 2.60. The number of hydrogen-bond donors (Lipinski definition) is 2. The first-order valence-electron chi connectivity index (χ1n) is 9.63. The zero-order valence-corrected chi connectivity index (χ0v) is 15.4. The monoisotopic (exact) mass is 352 g/mol. The molecule has 1 aliphatic carbocycles. The molecular formula is C21H28N4O. The van der Waals surface area contributed by atoms with Crippen molar-refractivity contribution < 1.29 is 5.11 Å². The SMILES string of the molecule is CN1CCC(CNc2cc(C3CC(O)C3)ncn2)(c2ccccc2)CC1. The summed E-state index contributed by atoms with van der Waals surface area (Å²) < 4.78 is 0. The average molecular weight is 352 g/mol. The van der Waals surface area contributed by atoms with E-state index in [1.165, 1.54) is 5.56 Å². The van der Waals surface area contributed by atoms with Crippen LogP contribution in [0.1, 0.15) is 42.9 Å². The molecule has 4 rings (SSSR count). The van der Waals surface area contributed by atoms with Crippen molar-refractivity contribution in [1.29, 1.82) is 0 Å². The first kappa shape index (κ1) is 17.4. The molecule has 2 aromatic rings. The lowest BCUT2D eigenvalue weighted by molar-refractivity contribution is 0.0732. The molecule has 1 saturated heterocycles. The lowest BCUT2D eigenvalue weighted by Crippen LogP contribution is -2.45. The maximum absolute atomic E-state index is 9.54. The average Bonchev–Trinajstić information content (AvgIpc) is 2.66. The number of aromatic nitrogens is 2. The first-order chi connectivity index (χ1) is 12.6. The smallest absolute Gasteiger partial charge is 0.129 e. The molecular weight excluding hydrogens is 324 g/mol. The van der Waals surface area contributed by atoms with Gasteiger partial charge in [0.1, 0.15) is 12.1 Å². The molecule has 1 saturated carbocycles. The second kappa shape index (κ2) is 7.33. The van der Waals surface area contributed by atoms with Crippen molar-refractivity contribution in [3.63, 3.8) is 0 Å². The second-order valence-corrected chi connectivity index (χ2v) is 7.95. The maximum atomic E-state index is 9.54. The van der Waals surface area contributed by atoms with Crippen LogP contribution in [-0.2, 0) is 5.41 Å². The fourth-order valence-corrected chi connectivity index (χ4v) is 4.19. The van der Waals surface area contributed by atoms with Gasteiger partial charge in [-0.2, -0.15) is 0 Å². The molecule has 2 heterocycles. The van der Waals surface area contributed by atoms with Crippen molar-refractivity contribution in [2.75, 3.05) is 32.0 Å². The topological polar surface area (TPSA) is 61.3 Å². The number of piperidine rings is 1. The number of rotatable bonds is 5. The maximum Gasteiger partial charge on any atom is 0.129 e. The van der Waals surface area contributed by atoms with Crippen molar-refractivity contribution in [3.8, 4) is 0 Å². The van der Waals surface area contributed by atoms with E-state index in [1.807, 2.05) is 0 Å². The summed E-state index contributed by atoms with van der Waals surface area (Å²) in [6, 6.07) is 12.9. The van der Waals surface area contributed by atoms with E-state index in [0.717, 1.165) is 56.8 Å². The molecule has 5 nitrogen and oxygen atoms in total. The molecule has 2 aliphatic rings. The van der Waals surface area contributed by atoms with E-state index in [2.05, 4.69) is 63.6 Å². The number of anilines is 1. The van der Waals surface area contributed by atoms with Crippen molar-refractivity contribution in [1.82, 2.24) is 14.9 Å². The van der Waals surface area contributed by atoms with Crippen LogP contribution in [0.25, 0.3) is 0 Å². The van der Waals surface area contributed by atoms with E-state index in [-0.39, 0.29) is 11.5 Å². The Morgan fingerprint density at radius 2 is 1.88 bits per heavy atom. The lowest BCUT2D eigenvalue weighted by atomic mass is 9.72. The van der Waals surface area contributed by atoms with E-state index < -0.39 is 0 Å². The number of likely N-dealkylation sites (tertiary alicyclic amines) is 1. The summed E-state index contributed by atoms with van der Waals surface area (Å²) in [6.45, 7) is 3.12. The standard InChI is InChI=1S/C21H28N4O/c1-25-9-7-21(8-10-25,17-5-3-2-4-6-17)14-22-20-13-19(23-15-24-20)16-11-18(26)12-16/h2-6,13,15-16,18,26H,7-12,14H2,1H3,(H,22,23,24). The highest BCUT2D eigenvalue weighted by Crippen LogP contribution is 2.37. The van der Waals surface area contributed by atoms with Gasteiger partial charge in [0.15, 0.2) is 0 Å². The van der Waals surface area contributed by atoms with Crippen LogP contribution >= 0.6 is 0 Å². The first-order valence-corrected chi connectivity index (χ1v) is 9.63. The molecule has 0 atom stereocenters. The highest BCUT2D eigenvalue weighted by molar-refractivity contribution is 5.39. The van der Waals surface area contributed by atoms with E-state index in [9.17, 15) is 5.11 Å². The molecule has 1 aromatic heterocycles. The van der Waals surface area contributed by atoms with Gasteiger partial charge >= 0.3 is 0 Å². The van der Waals surface area contributed by atoms with Crippen LogP contribution in [0.2, 0.25) is 0 Å². The Balaban J connectivity index is 1.49. The van der Waals surface area contributed by atoms with Gasteiger partial charge in [0, 0.05) is 29.6 Å². The van der Waals surface area contributed by atoms with Gasteiger partial charge < -0.3 is 15.3 Å². The number of nitrogens with one attached hydrogen (secondary N) is 1. The summed E-state index contributed by atoms with van der Waals surface area (Å²) in [6.07, 6.45) is 5.41. The number of hydrogen-bond acceptors (Lipinski definition) is 5. The van der Waals surface area contributed by atoms with Crippen LogP contribution in [0.4, 0.5) is 5.82 Å². The molecule has 0 radical (unpaired) electrons. The number of benzene rings is 1. The van der Waals surface area contributed by atoms with Gasteiger partial charge in [-0.15, -0.1) is 0 Å². The third-order valence-electron chi connectivity index (χ3n) is 6.16. The lowest BCUT2D eigenvalue weighted by Gasteiger charge is -2.41. The molecule has 0 spiro atoms. The largest absolute Gasteiger partial charge is 0.393 e. The highest BCUT2D eigenvalue weighted by Gasteiger charge is 2.35. The Hall–Kier alpha value is -1.98. The van der Waals surface area contributed by atoms with Crippen LogP contribution in [0.15, 0.2) is 42.7 Å². The van der Waals surface area contributed by atoms with E-state index in [1.54, 1.807) is 6.33 Å². The Labute approximate surface area is 155 Å².